The minimum absolute atomic E-state index is 0.150. The molecule has 10 heteroatoms. The zero-order chi connectivity index (χ0) is 15.7. The van der Waals surface area contributed by atoms with Gasteiger partial charge in [-0.3, -0.25) is 9.89 Å². The van der Waals surface area contributed by atoms with E-state index in [1.165, 1.54) is 4.31 Å². The number of H-pyrrole nitrogens is 2. The van der Waals surface area contributed by atoms with Gasteiger partial charge in [-0.15, -0.1) is 0 Å². The van der Waals surface area contributed by atoms with E-state index in [1.807, 2.05) is 6.92 Å². The van der Waals surface area contributed by atoms with Gasteiger partial charge in [-0.1, -0.05) is 18.3 Å². The van der Waals surface area contributed by atoms with Crippen molar-refractivity contribution in [1.29, 1.82) is 0 Å². The van der Waals surface area contributed by atoms with Crippen LogP contribution >= 0.6 is 11.3 Å². The highest BCUT2D eigenvalue weighted by Crippen LogP contribution is 2.24. The van der Waals surface area contributed by atoms with Crippen LogP contribution in [0.25, 0.3) is 0 Å². The van der Waals surface area contributed by atoms with Crippen molar-refractivity contribution in [2.45, 2.75) is 17.6 Å². The number of anilines is 1. The summed E-state index contributed by atoms with van der Waals surface area (Å²) in [6, 6.07) is 0. The summed E-state index contributed by atoms with van der Waals surface area (Å²) in [6.07, 6.45) is 4.00. The van der Waals surface area contributed by atoms with Crippen LogP contribution in [-0.2, 0) is 16.4 Å². The molecular formula is C12H17N5O3S2. The zero-order valence-electron chi connectivity index (χ0n) is 12.1. The van der Waals surface area contributed by atoms with Gasteiger partial charge < -0.3 is 9.88 Å². The molecule has 0 aromatic carbocycles. The summed E-state index contributed by atoms with van der Waals surface area (Å²) < 4.78 is 27.0. The number of hydrogen-bond donors (Lipinski definition) is 2. The van der Waals surface area contributed by atoms with Gasteiger partial charge >= 0.3 is 4.87 Å². The van der Waals surface area contributed by atoms with Crippen LogP contribution in [0.2, 0.25) is 0 Å². The topological polar surface area (TPSA) is 102 Å². The van der Waals surface area contributed by atoms with Crippen LogP contribution in [0.4, 0.5) is 5.69 Å². The SMILES string of the molecule is CCc1[nH]c(=O)sc1S(=O)(=O)N1CCN(c2cn[nH]c2)CC1. The zero-order valence-corrected chi connectivity index (χ0v) is 13.7. The number of aromatic amines is 2. The molecule has 22 heavy (non-hydrogen) atoms. The first-order valence-corrected chi connectivity index (χ1v) is 9.24. The average molecular weight is 343 g/mol. The van der Waals surface area contributed by atoms with Crippen molar-refractivity contribution in [2.75, 3.05) is 31.1 Å². The maximum atomic E-state index is 12.7. The Labute approximate surface area is 131 Å². The second kappa shape index (κ2) is 5.86. The van der Waals surface area contributed by atoms with Crippen molar-refractivity contribution in [3.05, 3.63) is 27.8 Å². The maximum absolute atomic E-state index is 12.7. The van der Waals surface area contributed by atoms with E-state index < -0.39 is 10.0 Å². The minimum atomic E-state index is -3.61. The predicted octanol–water partition coefficient (Wildman–Crippen LogP) is 0.233. The fourth-order valence-corrected chi connectivity index (χ4v) is 5.52. The summed E-state index contributed by atoms with van der Waals surface area (Å²) in [5, 5.41) is 6.65. The van der Waals surface area contributed by atoms with Gasteiger partial charge in [0, 0.05) is 38.1 Å². The summed E-state index contributed by atoms with van der Waals surface area (Å²) in [4.78, 5) is 15.8. The van der Waals surface area contributed by atoms with Crippen LogP contribution in [0.3, 0.4) is 0 Å². The molecule has 1 aliphatic rings. The van der Waals surface area contributed by atoms with Crippen LogP contribution in [-0.4, -0.2) is 54.1 Å². The summed E-state index contributed by atoms with van der Waals surface area (Å²) in [7, 11) is -3.61. The number of aromatic nitrogens is 3. The molecule has 8 nitrogen and oxygen atoms in total. The molecule has 2 aromatic rings. The molecule has 0 unspecified atom stereocenters. The number of nitrogens with zero attached hydrogens (tertiary/aromatic N) is 3. The molecule has 3 rings (SSSR count). The highest BCUT2D eigenvalue weighted by atomic mass is 32.2. The molecule has 1 aliphatic heterocycles. The molecule has 1 fully saturated rings. The summed E-state index contributed by atoms with van der Waals surface area (Å²) >= 11 is 0.769. The molecule has 0 bridgehead atoms. The fourth-order valence-electron chi connectivity index (χ4n) is 2.51. The van der Waals surface area contributed by atoms with Crippen molar-refractivity contribution in [3.8, 4) is 0 Å². The lowest BCUT2D eigenvalue weighted by molar-refractivity contribution is 0.385. The molecule has 3 heterocycles. The van der Waals surface area contributed by atoms with Crippen LogP contribution < -0.4 is 9.77 Å². The van der Waals surface area contributed by atoms with Gasteiger partial charge in [0.1, 0.15) is 0 Å². The fraction of sp³-hybridized carbons (Fsp3) is 0.500. The number of piperazine rings is 1. The number of sulfonamides is 1. The second-order valence-electron chi connectivity index (χ2n) is 4.98. The Balaban J connectivity index is 1.78. The highest BCUT2D eigenvalue weighted by molar-refractivity contribution is 7.91. The molecule has 0 radical (unpaired) electrons. The molecule has 0 amide bonds. The van der Waals surface area contributed by atoms with Gasteiger partial charge in [0.05, 0.1) is 11.9 Å². The van der Waals surface area contributed by atoms with Crippen LogP contribution in [0.1, 0.15) is 12.6 Å². The summed E-state index contributed by atoms with van der Waals surface area (Å²) in [6.45, 7) is 3.80. The van der Waals surface area contributed by atoms with E-state index in [4.69, 9.17) is 0 Å². The van der Waals surface area contributed by atoms with E-state index in [2.05, 4.69) is 20.1 Å². The lowest BCUT2D eigenvalue weighted by atomic mass is 10.3. The molecule has 0 aliphatic carbocycles. The van der Waals surface area contributed by atoms with Crippen LogP contribution in [0.5, 0.6) is 0 Å². The lowest BCUT2D eigenvalue weighted by Gasteiger charge is -2.34. The lowest BCUT2D eigenvalue weighted by Crippen LogP contribution is -2.48. The largest absolute Gasteiger partial charge is 0.366 e. The first kappa shape index (κ1) is 15.3. The Kier molecular flexibility index (Phi) is 4.06. The third-order valence-electron chi connectivity index (χ3n) is 3.70. The van der Waals surface area contributed by atoms with Crippen LogP contribution in [0, 0.1) is 0 Å². The van der Waals surface area contributed by atoms with Gasteiger partial charge in [0.15, 0.2) is 4.21 Å². The van der Waals surface area contributed by atoms with Crippen molar-refractivity contribution in [3.63, 3.8) is 0 Å². The molecule has 0 saturated carbocycles. The Hall–Kier alpha value is -1.65. The molecule has 0 atom stereocenters. The van der Waals surface area contributed by atoms with Crippen molar-refractivity contribution < 1.29 is 8.42 Å². The van der Waals surface area contributed by atoms with E-state index in [9.17, 15) is 13.2 Å². The molecule has 2 aromatic heterocycles. The summed E-state index contributed by atoms with van der Waals surface area (Å²) in [5.41, 5.74) is 1.45. The quantitative estimate of drug-likeness (QED) is 0.827. The first-order chi connectivity index (χ1) is 10.5. The first-order valence-electron chi connectivity index (χ1n) is 6.98. The number of hydrogen-bond acceptors (Lipinski definition) is 6. The maximum Gasteiger partial charge on any atom is 0.306 e. The number of thiazole rings is 1. The number of rotatable bonds is 4. The summed E-state index contributed by atoms with van der Waals surface area (Å²) in [5.74, 6) is 0. The van der Waals surface area contributed by atoms with Crippen LogP contribution in [0.15, 0.2) is 21.4 Å². The van der Waals surface area contributed by atoms with Gasteiger partial charge in [0.2, 0.25) is 0 Å². The van der Waals surface area contributed by atoms with E-state index >= 15 is 0 Å². The molecular weight excluding hydrogens is 326 g/mol. The Morgan fingerprint density at radius 2 is 2.05 bits per heavy atom. The van der Waals surface area contributed by atoms with Gasteiger partial charge in [-0.2, -0.15) is 9.40 Å². The van der Waals surface area contributed by atoms with Crippen molar-refractivity contribution in [2.24, 2.45) is 0 Å². The second-order valence-corrected chi connectivity index (χ2v) is 8.10. The van der Waals surface area contributed by atoms with Crippen molar-refractivity contribution in [1.82, 2.24) is 19.5 Å². The molecule has 0 spiro atoms. The minimum Gasteiger partial charge on any atom is -0.366 e. The molecule has 120 valence electrons. The molecule has 2 N–H and O–H groups in total. The van der Waals surface area contributed by atoms with E-state index in [0.29, 0.717) is 38.3 Å². The number of nitrogens with one attached hydrogen (secondary N) is 2. The Bertz CT molecular complexity index is 785. The monoisotopic (exact) mass is 343 g/mol. The average Bonchev–Trinajstić information content (AvgIpc) is 3.16. The van der Waals surface area contributed by atoms with Gasteiger partial charge in [0.25, 0.3) is 10.0 Å². The van der Waals surface area contributed by atoms with Gasteiger partial charge in [-0.05, 0) is 6.42 Å². The standard InChI is InChI=1S/C12H17N5O3S2/c1-2-10-11(21-12(18)15-10)22(19,20)17-5-3-16(4-6-17)9-7-13-14-8-9/h7-8H,2-6H2,1H3,(H,13,14)(H,15,18). The van der Waals surface area contributed by atoms with E-state index in [-0.39, 0.29) is 9.08 Å². The number of aryl methyl sites for hydroxylation is 1. The Morgan fingerprint density at radius 3 is 2.64 bits per heavy atom. The van der Waals surface area contributed by atoms with Crippen molar-refractivity contribution >= 4 is 27.0 Å². The van der Waals surface area contributed by atoms with E-state index in [0.717, 1.165) is 17.0 Å². The Morgan fingerprint density at radius 1 is 1.32 bits per heavy atom. The molecule has 1 saturated heterocycles. The third-order valence-corrected chi connectivity index (χ3v) is 7.06. The van der Waals surface area contributed by atoms with Gasteiger partial charge in [-0.25, -0.2) is 8.42 Å². The van der Waals surface area contributed by atoms with E-state index in [1.54, 1.807) is 12.4 Å². The highest BCUT2D eigenvalue weighted by Gasteiger charge is 2.32. The smallest absolute Gasteiger partial charge is 0.306 e. The normalized spacial score (nSPS) is 17.0. The predicted molar refractivity (Wildman–Crippen MR) is 83.9 cm³/mol. The third kappa shape index (κ3) is 2.69.